The maximum atomic E-state index is 3.27. The summed E-state index contributed by atoms with van der Waals surface area (Å²) in [5, 5.41) is 3.27. The molecule has 1 N–H and O–H groups in total. The second-order valence-corrected chi connectivity index (χ2v) is 3.98. The topological polar surface area (TPSA) is 12.0 Å². The fourth-order valence-electron chi connectivity index (χ4n) is 2.11. The average Bonchev–Trinajstić information content (AvgIpc) is 2.29. The molecule has 0 heterocycles. The van der Waals surface area contributed by atoms with Crippen LogP contribution in [0.1, 0.15) is 43.0 Å². The molecule has 0 spiro atoms. The Morgan fingerprint density at radius 1 is 0.933 bits per heavy atom. The summed E-state index contributed by atoms with van der Waals surface area (Å²) in [6, 6.07) is 4.73. The van der Waals surface area contributed by atoms with Crippen LogP contribution in [0, 0.1) is 0 Å². The third kappa shape index (κ3) is 2.82. The summed E-state index contributed by atoms with van der Waals surface area (Å²) in [6.45, 7) is 7.71. The van der Waals surface area contributed by atoms with E-state index in [2.05, 4.69) is 38.2 Å². The monoisotopic (exact) mass is 205 g/mol. The molecular weight excluding hydrogens is 182 g/mol. The second kappa shape index (κ2) is 5.92. The zero-order chi connectivity index (χ0) is 11.3. The first-order chi connectivity index (χ1) is 7.26. The number of nitrogens with one attached hydrogen (secondary N) is 1. The van der Waals surface area contributed by atoms with Crippen molar-refractivity contribution in [2.24, 2.45) is 0 Å². The minimum Gasteiger partial charge on any atom is -0.316 e. The van der Waals surface area contributed by atoms with Gasteiger partial charge in [-0.1, -0.05) is 32.9 Å². The largest absolute Gasteiger partial charge is 0.316 e. The first-order valence-electron chi connectivity index (χ1n) is 6.04. The highest BCUT2D eigenvalue weighted by atomic mass is 14.8. The van der Waals surface area contributed by atoms with Gasteiger partial charge in [0, 0.05) is 6.54 Å². The fourth-order valence-corrected chi connectivity index (χ4v) is 2.11. The van der Waals surface area contributed by atoms with Gasteiger partial charge in [-0.2, -0.15) is 0 Å². The summed E-state index contributed by atoms with van der Waals surface area (Å²) in [4.78, 5) is 0. The molecule has 1 rings (SSSR count). The first-order valence-corrected chi connectivity index (χ1v) is 6.04. The van der Waals surface area contributed by atoms with Crippen LogP contribution in [0.4, 0.5) is 0 Å². The highest BCUT2D eigenvalue weighted by Gasteiger charge is 2.07. The summed E-state index contributed by atoms with van der Waals surface area (Å²) in [6.07, 6.45) is 3.41. The van der Waals surface area contributed by atoms with Crippen LogP contribution < -0.4 is 5.32 Å². The van der Waals surface area contributed by atoms with Crippen molar-refractivity contribution in [3.8, 4) is 0 Å². The summed E-state index contributed by atoms with van der Waals surface area (Å²) in [7, 11) is 2.02. The third-order valence-corrected chi connectivity index (χ3v) is 3.02. The first kappa shape index (κ1) is 12.3. The van der Waals surface area contributed by atoms with E-state index in [0.717, 1.165) is 25.8 Å². The quantitative estimate of drug-likeness (QED) is 0.779. The van der Waals surface area contributed by atoms with Crippen molar-refractivity contribution in [1.29, 1.82) is 0 Å². The molecule has 15 heavy (non-hydrogen) atoms. The Hall–Kier alpha value is -0.820. The number of hydrogen-bond acceptors (Lipinski definition) is 1. The normalized spacial score (nSPS) is 10.7. The van der Waals surface area contributed by atoms with Gasteiger partial charge >= 0.3 is 0 Å². The van der Waals surface area contributed by atoms with E-state index >= 15 is 0 Å². The molecule has 0 saturated carbocycles. The molecule has 0 fully saturated rings. The van der Waals surface area contributed by atoms with Crippen LogP contribution in [0.25, 0.3) is 0 Å². The third-order valence-electron chi connectivity index (χ3n) is 3.02. The number of benzene rings is 1. The van der Waals surface area contributed by atoms with Gasteiger partial charge < -0.3 is 5.32 Å². The zero-order valence-corrected chi connectivity index (χ0v) is 10.5. The van der Waals surface area contributed by atoms with E-state index in [-0.39, 0.29) is 0 Å². The van der Waals surface area contributed by atoms with E-state index in [1.807, 2.05) is 7.05 Å². The lowest BCUT2D eigenvalue weighted by Crippen LogP contribution is -2.11. The standard InChI is InChI=1S/C14H23N/c1-5-11-8-12(6-2)14(10-15-4)13(7-3)9-11/h8-9,15H,5-7,10H2,1-4H3. The Bertz CT molecular complexity index is 290. The van der Waals surface area contributed by atoms with E-state index in [9.17, 15) is 0 Å². The van der Waals surface area contributed by atoms with Crippen LogP contribution in [0.3, 0.4) is 0 Å². The van der Waals surface area contributed by atoms with Crippen molar-refractivity contribution in [1.82, 2.24) is 5.32 Å². The van der Waals surface area contributed by atoms with Crippen molar-refractivity contribution >= 4 is 0 Å². The van der Waals surface area contributed by atoms with Crippen molar-refractivity contribution in [3.05, 3.63) is 34.4 Å². The Morgan fingerprint density at radius 2 is 1.47 bits per heavy atom. The van der Waals surface area contributed by atoms with Crippen LogP contribution >= 0.6 is 0 Å². The van der Waals surface area contributed by atoms with Crippen LogP contribution in [0.15, 0.2) is 12.1 Å². The molecule has 0 aromatic heterocycles. The highest BCUT2D eigenvalue weighted by molar-refractivity contribution is 5.39. The number of aryl methyl sites for hydroxylation is 3. The molecule has 1 nitrogen and oxygen atoms in total. The van der Waals surface area contributed by atoms with Crippen molar-refractivity contribution in [3.63, 3.8) is 0 Å². The van der Waals surface area contributed by atoms with E-state index in [0.29, 0.717) is 0 Å². The van der Waals surface area contributed by atoms with Gasteiger partial charge in [-0.05, 0) is 48.6 Å². The fraction of sp³-hybridized carbons (Fsp3) is 0.571. The van der Waals surface area contributed by atoms with Crippen molar-refractivity contribution in [2.45, 2.75) is 46.6 Å². The molecule has 0 aliphatic rings. The average molecular weight is 205 g/mol. The minimum absolute atomic E-state index is 0.996. The molecule has 0 atom stereocenters. The summed E-state index contributed by atoms with van der Waals surface area (Å²) in [5.41, 5.74) is 6.02. The summed E-state index contributed by atoms with van der Waals surface area (Å²) in [5.74, 6) is 0. The molecule has 0 unspecified atom stereocenters. The summed E-state index contributed by atoms with van der Waals surface area (Å²) >= 11 is 0. The van der Waals surface area contributed by atoms with Gasteiger partial charge in [0.1, 0.15) is 0 Å². The van der Waals surface area contributed by atoms with Crippen molar-refractivity contribution < 1.29 is 0 Å². The van der Waals surface area contributed by atoms with E-state index in [4.69, 9.17) is 0 Å². The lowest BCUT2D eigenvalue weighted by Gasteiger charge is -2.15. The van der Waals surface area contributed by atoms with Crippen LogP contribution in [-0.2, 0) is 25.8 Å². The van der Waals surface area contributed by atoms with Gasteiger partial charge in [0.15, 0.2) is 0 Å². The molecule has 84 valence electrons. The zero-order valence-electron chi connectivity index (χ0n) is 10.5. The summed E-state index contributed by atoms with van der Waals surface area (Å²) < 4.78 is 0. The maximum Gasteiger partial charge on any atom is 0.0207 e. The molecule has 0 aliphatic carbocycles. The maximum absolute atomic E-state index is 3.27. The lowest BCUT2D eigenvalue weighted by atomic mass is 9.93. The predicted octanol–water partition coefficient (Wildman–Crippen LogP) is 3.09. The molecule has 1 heteroatoms. The van der Waals surface area contributed by atoms with E-state index < -0.39 is 0 Å². The van der Waals surface area contributed by atoms with Gasteiger partial charge in [-0.3, -0.25) is 0 Å². The number of hydrogen-bond donors (Lipinski definition) is 1. The highest BCUT2D eigenvalue weighted by Crippen LogP contribution is 2.19. The lowest BCUT2D eigenvalue weighted by molar-refractivity contribution is 0.790. The van der Waals surface area contributed by atoms with Crippen LogP contribution in [0.2, 0.25) is 0 Å². The Balaban J connectivity index is 3.19. The molecule has 1 aromatic carbocycles. The van der Waals surface area contributed by atoms with Gasteiger partial charge in [-0.25, -0.2) is 0 Å². The smallest absolute Gasteiger partial charge is 0.0207 e. The molecular formula is C14H23N. The van der Waals surface area contributed by atoms with Gasteiger partial charge in [0.2, 0.25) is 0 Å². The molecule has 0 bridgehead atoms. The predicted molar refractivity (Wildman–Crippen MR) is 67.3 cm³/mol. The van der Waals surface area contributed by atoms with Crippen LogP contribution in [-0.4, -0.2) is 7.05 Å². The minimum atomic E-state index is 0.996. The molecule has 0 amide bonds. The van der Waals surface area contributed by atoms with Gasteiger partial charge in [0.05, 0.1) is 0 Å². The Kier molecular flexibility index (Phi) is 4.83. The number of rotatable bonds is 5. The molecule has 0 saturated heterocycles. The molecule has 0 aliphatic heterocycles. The van der Waals surface area contributed by atoms with Gasteiger partial charge in [-0.15, -0.1) is 0 Å². The van der Waals surface area contributed by atoms with E-state index in [1.165, 1.54) is 22.3 Å². The molecule has 1 aromatic rings. The van der Waals surface area contributed by atoms with E-state index in [1.54, 1.807) is 0 Å². The Morgan fingerprint density at radius 3 is 1.80 bits per heavy atom. The van der Waals surface area contributed by atoms with Crippen LogP contribution in [0.5, 0.6) is 0 Å². The molecule has 0 radical (unpaired) electrons. The Labute approximate surface area is 93.9 Å². The SMILES string of the molecule is CCc1cc(CC)c(CNC)c(CC)c1. The van der Waals surface area contributed by atoms with Crippen molar-refractivity contribution in [2.75, 3.05) is 7.05 Å². The van der Waals surface area contributed by atoms with Gasteiger partial charge in [0.25, 0.3) is 0 Å². The second-order valence-electron chi connectivity index (χ2n) is 3.98.